The molecule has 0 aliphatic carbocycles. The fourth-order valence-corrected chi connectivity index (χ4v) is 1.85. The third-order valence-electron chi connectivity index (χ3n) is 2.55. The highest BCUT2D eigenvalue weighted by Crippen LogP contribution is 2.21. The molecule has 2 atom stereocenters. The third kappa shape index (κ3) is 2.56. The predicted molar refractivity (Wildman–Crippen MR) is 53.4 cm³/mol. The van der Waals surface area contributed by atoms with Crippen molar-refractivity contribution in [3.05, 3.63) is 12.7 Å². The van der Waals surface area contributed by atoms with E-state index in [9.17, 15) is 4.79 Å². The molecule has 74 valence electrons. The maximum atomic E-state index is 11.6. The molecule has 3 heteroatoms. The van der Waals surface area contributed by atoms with Gasteiger partial charge < -0.3 is 10.2 Å². The highest BCUT2D eigenvalue weighted by molar-refractivity contribution is 5.79. The summed E-state index contributed by atoms with van der Waals surface area (Å²) in [5, 5.41) is 2.84. The summed E-state index contributed by atoms with van der Waals surface area (Å²) in [4.78, 5) is 13.8. The van der Waals surface area contributed by atoms with E-state index in [4.69, 9.17) is 0 Å². The van der Waals surface area contributed by atoms with Gasteiger partial charge in [-0.2, -0.15) is 0 Å². The third-order valence-corrected chi connectivity index (χ3v) is 2.55. The van der Waals surface area contributed by atoms with Crippen LogP contribution < -0.4 is 5.32 Å². The van der Waals surface area contributed by atoms with Crippen molar-refractivity contribution in [1.29, 1.82) is 0 Å². The van der Waals surface area contributed by atoms with Gasteiger partial charge in [0.05, 0.1) is 5.92 Å². The zero-order chi connectivity index (χ0) is 9.84. The van der Waals surface area contributed by atoms with Crippen molar-refractivity contribution in [3.8, 4) is 0 Å². The first-order chi connectivity index (χ1) is 6.15. The molecule has 0 saturated carbocycles. The van der Waals surface area contributed by atoms with Crippen molar-refractivity contribution < 1.29 is 4.79 Å². The molecular weight excluding hydrogens is 164 g/mol. The molecular formula is C10H18N2O. The maximum absolute atomic E-state index is 11.6. The number of rotatable bonds is 3. The molecule has 1 saturated heterocycles. The fourth-order valence-electron chi connectivity index (χ4n) is 1.85. The van der Waals surface area contributed by atoms with E-state index in [1.165, 1.54) is 0 Å². The quantitative estimate of drug-likeness (QED) is 0.644. The molecule has 1 heterocycles. The summed E-state index contributed by atoms with van der Waals surface area (Å²) in [6, 6.07) is 0. The molecule has 1 aliphatic heterocycles. The number of carbonyl (C=O) groups excluding carboxylic acids is 1. The Morgan fingerprint density at radius 3 is 2.85 bits per heavy atom. The van der Waals surface area contributed by atoms with Gasteiger partial charge in [0.2, 0.25) is 5.91 Å². The Morgan fingerprint density at radius 2 is 2.38 bits per heavy atom. The molecule has 0 radical (unpaired) electrons. The zero-order valence-corrected chi connectivity index (χ0v) is 8.42. The van der Waals surface area contributed by atoms with E-state index in [0.717, 1.165) is 13.1 Å². The van der Waals surface area contributed by atoms with E-state index in [1.807, 2.05) is 0 Å². The zero-order valence-electron chi connectivity index (χ0n) is 8.42. The van der Waals surface area contributed by atoms with E-state index in [0.29, 0.717) is 12.5 Å². The van der Waals surface area contributed by atoms with Crippen LogP contribution in [0, 0.1) is 11.8 Å². The summed E-state index contributed by atoms with van der Waals surface area (Å²) < 4.78 is 0. The summed E-state index contributed by atoms with van der Waals surface area (Å²) in [5.74, 6) is 0.788. The number of hydrogen-bond donors (Lipinski definition) is 1. The molecule has 1 rings (SSSR count). The molecule has 0 bridgehead atoms. The van der Waals surface area contributed by atoms with Crippen LogP contribution in [0.1, 0.15) is 6.92 Å². The topological polar surface area (TPSA) is 32.3 Å². The molecule has 0 unspecified atom stereocenters. The lowest BCUT2D eigenvalue weighted by Gasteiger charge is -2.12. The Hall–Kier alpha value is -0.830. The van der Waals surface area contributed by atoms with Crippen molar-refractivity contribution in [1.82, 2.24) is 10.2 Å². The molecule has 1 fully saturated rings. The number of likely N-dealkylation sites (tertiary alicyclic amines) is 1. The van der Waals surface area contributed by atoms with E-state index < -0.39 is 0 Å². The maximum Gasteiger partial charge on any atom is 0.224 e. The van der Waals surface area contributed by atoms with Gasteiger partial charge in [0.1, 0.15) is 0 Å². The van der Waals surface area contributed by atoms with Gasteiger partial charge in [0, 0.05) is 19.6 Å². The lowest BCUT2D eigenvalue weighted by atomic mass is 9.97. The minimum atomic E-state index is 0.157. The van der Waals surface area contributed by atoms with Crippen LogP contribution in [0.5, 0.6) is 0 Å². The number of amides is 1. The van der Waals surface area contributed by atoms with Gasteiger partial charge in [0.15, 0.2) is 0 Å². The fraction of sp³-hybridized carbons (Fsp3) is 0.700. The van der Waals surface area contributed by atoms with E-state index in [-0.39, 0.29) is 11.8 Å². The van der Waals surface area contributed by atoms with Crippen molar-refractivity contribution in [2.75, 3.05) is 26.7 Å². The first kappa shape index (κ1) is 10.3. The van der Waals surface area contributed by atoms with Gasteiger partial charge in [-0.05, 0) is 13.0 Å². The summed E-state index contributed by atoms with van der Waals surface area (Å²) in [6.07, 6.45) is 1.71. The number of hydrogen-bond acceptors (Lipinski definition) is 2. The van der Waals surface area contributed by atoms with Crippen LogP contribution in [0.4, 0.5) is 0 Å². The van der Waals surface area contributed by atoms with Crippen LogP contribution in [0.2, 0.25) is 0 Å². The Morgan fingerprint density at radius 1 is 1.69 bits per heavy atom. The molecule has 1 N–H and O–H groups in total. The molecule has 13 heavy (non-hydrogen) atoms. The second-order valence-electron chi connectivity index (χ2n) is 3.84. The van der Waals surface area contributed by atoms with Crippen molar-refractivity contribution in [3.63, 3.8) is 0 Å². The van der Waals surface area contributed by atoms with Gasteiger partial charge in [-0.3, -0.25) is 4.79 Å². The Labute approximate surface area is 79.8 Å². The first-order valence-electron chi connectivity index (χ1n) is 4.72. The SMILES string of the molecule is C=CCNC(=O)[C@@H]1CN(C)C[C@H]1C. The number of nitrogens with zero attached hydrogens (tertiary/aromatic N) is 1. The average Bonchev–Trinajstić information content (AvgIpc) is 2.41. The lowest BCUT2D eigenvalue weighted by Crippen LogP contribution is -2.34. The van der Waals surface area contributed by atoms with E-state index in [2.05, 4.69) is 30.8 Å². The highest BCUT2D eigenvalue weighted by atomic mass is 16.1. The van der Waals surface area contributed by atoms with Crippen molar-refractivity contribution in [2.24, 2.45) is 11.8 Å². The Kier molecular flexibility index (Phi) is 3.48. The van der Waals surface area contributed by atoms with Gasteiger partial charge in [0.25, 0.3) is 0 Å². The number of nitrogens with one attached hydrogen (secondary N) is 1. The molecule has 0 aromatic heterocycles. The summed E-state index contributed by atoms with van der Waals surface area (Å²) in [6.45, 7) is 8.17. The van der Waals surface area contributed by atoms with E-state index in [1.54, 1.807) is 6.08 Å². The Balaban J connectivity index is 2.42. The molecule has 3 nitrogen and oxygen atoms in total. The standard InChI is InChI=1S/C10H18N2O/c1-4-5-11-10(13)9-7-12(3)6-8(9)2/h4,8-9H,1,5-7H2,2-3H3,(H,11,13)/t8-,9-/m1/s1. The van der Waals surface area contributed by atoms with Crippen LogP contribution in [-0.4, -0.2) is 37.5 Å². The second-order valence-corrected chi connectivity index (χ2v) is 3.84. The minimum absolute atomic E-state index is 0.157. The predicted octanol–water partition coefficient (Wildman–Crippen LogP) is 0.486. The number of carbonyl (C=O) groups is 1. The molecule has 0 spiro atoms. The van der Waals surface area contributed by atoms with Crippen LogP contribution in [0.25, 0.3) is 0 Å². The molecule has 0 aromatic carbocycles. The van der Waals surface area contributed by atoms with Crippen LogP contribution in [0.15, 0.2) is 12.7 Å². The summed E-state index contributed by atoms with van der Waals surface area (Å²) >= 11 is 0. The first-order valence-corrected chi connectivity index (χ1v) is 4.72. The summed E-state index contributed by atoms with van der Waals surface area (Å²) in [7, 11) is 2.05. The van der Waals surface area contributed by atoms with Gasteiger partial charge >= 0.3 is 0 Å². The monoisotopic (exact) mass is 182 g/mol. The molecule has 0 aromatic rings. The lowest BCUT2D eigenvalue weighted by molar-refractivity contribution is -0.125. The largest absolute Gasteiger partial charge is 0.352 e. The van der Waals surface area contributed by atoms with Crippen LogP contribution >= 0.6 is 0 Å². The Bertz CT molecular complexity index is 203. The molecule has 1 amide bonds. The summed E-state index contributed by atoms with van der Waals surface area (Å²) in [5.41, 5.74) is 0. The minimum Gasteiger partial charge on any atom is -0.352 e. The highest BCUT2D eigenvalue weighted by Gasteiger charge is 2.32. The van der Waals surface area contributed by atoms with Crippen molar-refractivity contribution in [2.45, 2.75) is 6.92 Å². The van der Waals surface area contributed by atoms with E-state index >= 15 is 0 Å². The average molecular weight is 182 g/mol. The van der Waals surface area contributed by atoms with Gasteiger partial charge in [-0.15, -0.1) is 6.58 Å². The van der Waals surface area contributed by atoms with Gasteiger partial charge in [-0.1, -0.05) is 13.0 Å². The normalized spacial score (nSPS) is 28.8. The molecule has 1 aliphatic rings. The second kappa shape index (κ2) is 4.42. The van der Waals surface area contributed by atoms with Crippen LogP contribution in [0.3, 0.4) is 0 Å². The van der Waals surface area contributed by atoms with Crippen LogP contribution in [-0.2, 0) is 4.79 Å². The van der Waals surface area contributed by atoms with Crippen molar-refractivity contribution >= 4 is 5.91 Å². The van der Waals surface area contributed by atoms with Gasteiger partial charge in [-0.25, -0.2) is 0 Å². The smallest absolute Gasteiger partial charge is 0.224 e.